The van der Waals surface area contributed by atoms with Crippen LogP contribution in [-0.2, 0) is 9.53 Å². The van der Waals surface area contributed by atoms with E-state index in [4.69, 9.17) is 9.47 Å². The number of carbonyl (C=O) groups is 1. The van der Waals surface area contributed by atoms with E-state index in [1.807, 2.05) is 49.4 Å². The van der Waals surface area contributed by atoms with E-state index in [0.29, 0.717) is 16.7 Å². The molecule has 2 saturated heterocycles. The smallest absolute Gasteiger partial charge is 0.264 e. The molecule has 0 bridgehead atoms. The summed E-state index contributed by atoms with van der Waals surface area (Å²) in [5, 5.41) is 3.41. The van der Waals surface area contributed by atoms with Crippen LogP contribution in [0.4, 0.5) is 11.4 Å². The molecule has 2 aliphatic rings. The molecule has 2 fully saturated rings. The third-order valence-corrected chi connectivity index (χ3v) is 5.51. The molecule has 29 heavy (non-hydrogen) atoms. The van der Waals surface area contributed by atoms with Gasteiger partial charge in [0, 0.05) is 18.8 Å². The number of amidine groups is 1. The first-order valence-electron chi connectivity index (χ1n) is 9.66. The standard InChI is InChI=1S/C22H23N3O3S/c1-2-28-19-9-5-17(6-10-19)23-22-24-21(26)20(29-22)15-16-3-7-18(8-4-16)25-11-13-27-14-12-25/h3-10,15H,2,11-14H2,1H3,(H,23,24,26)/b20-15+. The Hall–Kier alpha value is -2.77. The number of amides is 1. The largest absolute Gasteiger partial charge is 0.494 e. The maximum absolute atomic E-state index is 12.3. The van der Waals surface area contributed by atoms with Crippen molar-refractivity contribution >= 4 is 40.3 Å². The molecule has 0 unspecified atom stereocenters. The molecule has 1 N–H and O–H groups in total. The predicted molar refractivity (Wildman–Crippen MR) is 118 cm³/mol. The SMILES string of the molecule is CCOc1ccc(N=C2NC(=O)/C(=C\c3ccc(N4CCOCC4)cc3)S2)cc1. The number of rotatable bonds is 5. The Bertz CT molecular complexity index is 917. The summed E-state index contributed by atoms with van der Waals surface area (Å²) in [4.78, 5) is 19.8. The summed E-state index contributed by atoms with van der Waals surface area (Å²) >= 11 is 1.35. The van der Waals surface area contributed by atoms with E-state index < -0.39 is 0 Å². The van der Waals surface area contributed by atoms with Crippen molar-refractivity contribution in [3.63, 3.8) is 0 Å². The number of anilines is 1. The number of benzene rings is 2. The van der Waals surface area contributed by atoms with Crippen molar-refractivity contribution in [2.24, 2.45) is 4.99 Å². The monoisotopic (exact) mass is 409 g/mol. The lowest BCUT2D eigenvalue weighted by Crippen LogP contribution is -2.36. The third-order valence-electron chi connectivity index (χ3n) is 4.60. The molecule has 2 aromatic carbocycles. The fourth-order valence-electron chi connectivity index (χ4n) is 3.14. The quantitative estimate of drug-likeness (QED) is 0.761. The Morgan fingerprint density at radius 2 is 1.86 bits per heavy atom. The molecule has 7 heteroatoms. The molecule has 0 atom stereocenters. The number of morpholine rings is 1. The fraction of sp³-hybridized carbons (Fsp3) is 0.273. The molecule has 2 aromatic rings. The summed E-state index contributed by atoms with van der Waals surface area (Å²) < 4.78 is 10.8. The van der Waals surface area contributed by atoms with Crippen LogP contribution in [0.2, 0.25) is 0 Å². The molecule has 1 amide bonds. The van der Waals surface area contributed by atoms with Crippen LogP contribution >= 0.6 is 11.8 Å². The Kier molecular flexibility index (Phi) is 6.17. The molecule has 6 nitrogen and oxygen atoms in total. The summed E-state index contributed by atoms with van der Waals surface area (Å²) in [6, 6.07) is 15.7. The highest BCUT2D eigenvalue weighted by Crippen LogP contribution is 2.29. The van der Waals surface area contributed by atoms with Crippen molar-refractivity contribution < 1.29 is 14.3 Å². The van der Waals surface area contributed by atoms with Crippen LogP contribution < -0.4 is 15.0 Å². The average Bonchev–Trinajstić information content (AvgIpc) is 3.09. The average molecular weight is 410 g/mol. The van der Waals surface area contributed by atoms with E-state index in [-0.39, 0.29) is 5.91 Å². The van der Waals surface area contributed by atoms with Crippen molar-refractivity contribution in [3.05, 3.63) is 59.0 Å². The van der Waals surface area contributed by atoms with E-state index in [1.54, 1.807) is 0 Å². The summed E-state index contributed by atoms with van der Waals surface area (Å²) in [5.41, 5.74) is 2.94. The van der Waals surface area contributed by atoms with Gasteiger partial charge in [-0.1, -0.05) is 12.1 Å². The van der Waals surface area contributed by atoms with E-state index >= 15 is 0 Å². The molecule has 0 aromatic heterocycles. The number of aliphatic imine (C=N–C) groups is 1. The van der Waals surface area contributed by atoms with Crippen LogP contribution in [0, 0.1) is 0 Å². The number of nitrogens with one attached hydrogen (secondary N) is 1. The van der Waals surface area contributed by atoms with Gasteiger partial charge < -0.3 is 19.7 Å². The second-order valence-corrected chi connectivity index (χ2v) is 7.63. The Morgan fingerprint density at radius 1 is 1.14 bits per heavy atom. The number of hydrogen-bond acceptors (Lipinski definition) is 6. The minimum absolute atomic E-state index is 0.128. The Balaban J connectivity index is 1.43. The van der Waals surface area contributed by atoms with E-state index in [2.05, 4.69) is 27.3 Å². The van der Waals surface area contributed by atoms with Gasteiger partial charge in [-0.05, 0) is 66.7 Å². The van der Waals surface area contributed by atoms with Gasteiger partial charge in [0.1, 0.15) is 5.75 Å². The van der Waals surface area contributed by atoms with Gasteiger partial charge in [-0.3, -0.25) is 4.79 Å². The Labute approximate surface area is 174 Å². The molecular formula is C22H23N3O3S. The lowest BCUT2D eigenvalue weighted by Gasteiger charge is -2.28. The highest BCUT2D eigenvalue weighted by molar-refractivity contribution is 8.18. The Morgan fingerprint density at radius 3 is 2.55 bits per heavy atom. The van der Waals surface area contributed by atoms with Gasteiger partial charge in [-0.25, -0.2) is 4.99 Å². The molecule has 150 valence electrons. The molecule has 0 saturated carbocycles. The van der Waals surface area contributed by atoms with E-state index in [9.17, 15) is 4.79 Å². The predicted octanol–water partition coefficient (Wildman–Crippen LogP) is 3.81. The topological polar surface area (TPSA) is 63.2 Å². The summed E-state index contributed by atoms with van der Waals surface area (Å²) in [6.45, 7) is 5.91. The molecule has 2 aliphatic heterocycles. The fourth-order valence-corrected chi connectivity index (χ4v) is 3.98. The highest BCUT2D eigenvalue weighted by atomic mass is 32.2. The second kappa shape index (κ2) is 9.15. The first kappa shape index (κ1) is 19.5. The van der Waals surface area contributed by atoms with Gasteiger partial charge in [-0.2, -0.15) is 0 Å². The van der Waals surface area contributed by atoms with Crippen molar-refractivity contribution in [3.8, 4) is 5.75 Å². The van der Waals surface area contributed by atoms with Gasteiger partial charge in [0.05, 0.1) is 30.4 Å². The molecule has 2 heterocycles. The number of ether oxygens (including phenoxy) is 2. The lowest BCUT2D eigenvalue weighted by molar-refractivity contribution is -0.115. The number of nitrogens with zero attached hydrogens (tertiary/aromatic N) is 2. The number of carbonyl (C=O) groups excluding carboxylic acids is 1. The minimum Gasteiger partial charge on any atom is -0.494 e. The first-order valence-corrected chi connectivity index (χ1v) is 10.5. The molecular weight excluding hydrogens is 386 g/mol. The van der Waals surface area contributed by atoms with Gasteiger partial charge in [0.2, 0.25) is 0 Å². The van der Waals surface area contributed by atoms with Gasteiger partial charge in [0.25, 0.3) is 5.91 Å². The van der Waals surface area contributed by atoms with Crippen molar-refractivity contribution in [2.75, 3.05) is 37.8 Å². The highest BCUT2D eigenvalue weighted by Gasteiger charge is 2.23. The van der Waals surface area contributed by atoms with Crippen LogP contribution in [0.1, 0.15) is 12.5 Å². The minimum atomic E-state index is -0.128. The maximum atomic E-state index is 12.3. The first-order chi connectivity index (χ1) is 14.2. The number of thioether (sulfide) groups is 1. The summed E-state index contributed by atoms with van der Waals surface area (Å²) in [5.74, 6) is 0.678. The maximum Gasteiger partial charge on any atom is 0.264 e. The summed E-state index contributed by atoms with van der Waals surface area (Å²) in [7, 11) is 0. The van der Waals surface area contributed by atoms with Gasteiger partial charge in [-0.15, -0.1) is 0 Å². The van der Waals surface area contributed by atoms with Crippen molar-refractivity contribution in [2.45, 2.75) is 6.92 Å². The van der Waals surface area contributed by atoms with Gasteiger partial charge in [0.15, 0.2) is 5.17 Å². The summed E-state index contributed by atoms with van der Waals surface area (Å²) in [6.07, 6.45) is 1.89. The van der Waals surface area contributed by atoms with Crippen molar-refractivity contribution in [1.82, 2.24) is 5.32 Å². The second-order valence-electron chi connectivity index (χ2n) is 6.60. The van der Waals surface area contributed by atoms with E-state index in [0.717, 1.165) is 43.3 Å². The van der Waals surface area contributed by atoms with Gasteiger partial charge >= 0.3 is 0 Å². The number of hydrogen-bond donors (Lipinski definition) is 1. The normalized spacial score (nSPS) is 19.6. The zero-order chi connectivity index (χ0) is 20.1. The zero-order valence-corrected chi connectivity index (χ0v) is 17.1. The van der Waals surface area contributed by atoms with Crippen LogP contribution in [0.15, 0.2) is 58.4 Å². The molecule has 4 rings (SSSR count). The lowest BCUT2D eigenvalue weighted by atomic mass is 10.1. The van der Waals surface area contributed by atoms with Crippen LogP contribution in [-0.4, -0.2) is 44.0 Å². The molecule has 0 radical (unpaired) electrons. The van der Waals surface area contributed by atoms with E-state index in [1.165, 1.54) is 17.4 Å². The van der Waals surface area contributed by atoms with Crippen molar-refractivity contribution in [1.29, 1.82) is 0 Å². The van der Waals surface area contributed by atoms with Crippen LogP contribution in [0.3, 0.4) is 0 Å². The van der Waals surface area contributed by atoms with Crippen LogP contribution in [0.25, 0.3) is 6.08 Å². The van der Waals surface area contributed by atoms with Crippen LogP contribution in [0.5, 0.6) is 5.75 Å². The molecule has 0 spiro atoms. The molecule has 0 aliphatic carbocycles. The zero-order valence-electron chi connectivity index (χ0n) is 16.3. The third kappa shape index (κ3) is 4.99.